The van der Waals surface area contributed by atoms with Gasteiger partial charge in [-0.25, -0.2) is 4.68 Å². The number of benzene rings is 1. The molecule has 0 radical (unpaired) electrons. The number of aromatic nitrogens is 2. The van der Waals surface area contributed by atoms with Crippen LogP contribution in [0.25, 0.3) is 11.3 Å². The van der Waals surface area contributed by atoms with Crippen molar-refractivity contribution in [3.05, 3.63) is 67.9 Å². The largest absolute Gasteiger partial charge is 0.270 e. The van der Waals surface area contributed by atoms with Crippen LogP contribution in [-0.2, 0) is 6.54 Å². The van der Waals surface area contributed by atoms with E-state index in [0.717, 1.165) is 0 Å². The highest BCUT2D eigenvalue weighted by atomic mass is 79.9. The zero-order valence-corrected chi connectivity index (χ0v) is 11.9. The molecule has 2 rings (SSSR count). The van der Waals surface area contributed by atoms with E-state index < -0.39 is 4.92 Å². The van der Waals surface area contributed by atoms with Crippen LogP contribution in [0.2, 0.25) is 0 Å². The third-order valence-corrected chi connectivity index (χ3v) is 2.79. The number of allylic oxidation sites excluding steroid dienone is 1. The van der Waals surface area contributed by atoms with Crippen LogP contribution in [0.3, 0.4) is 0 Å². The van der Waals surface area contributed by atoms with Gasteiger partial charge in [-0.3, -0.25) is 14.9 Å². The molecule has 0 spiro atoms. The summed E-state index contributed by atoms with van der Waals surface area (Å²) in [6, 6.07) is 9.01. The number of nitro groups is 1. The Balaban J connectivity index is 2.47. The molecule has 2 aromatic rings. The molecule has 0 amide bonds. The number of halogens is 1. The highest BCUT2D eigenvalue weighted by Crippen LogP contribution is 2.21. The first-order valence-electron chi connectivity index (χ1n) is 5.63. The van der Waals surface area contributed by atoms with Gasteiger partial charge in [0.05, 0.1) is 17.2 Å². The van der Waals surface area contributed by atoms with Gasteiger partial charge in [0.25, 0.3) is 11.2 Å². The van der Waals surface area contributed by atoms with Crippen LogP contribution in [0.1, 0.15) is 0 Å². The van der Waals surface area contributed by atoms with E-state index in [2.05, 4.69) is 27.6 Å². The summed E-state index contributed by atoms with van der Waals surface area (Å²) < 4.78 is 1.86. The smallest absolute Gasteiger partial charge is 0.268 e. The molecule has 0 saturated carbocycles. The summed E-state index contributed by atoms with van der Waals surface area (Å²) in [5.41, 5.74) is 0.780. The second-order valence-electron chi connectivity index (χ2n) is 4.04. The summed E-state index contributed by atoms with van der Waals surface area (Å²) in [7, 11) is 0. The summed E-state index contributed by atoms with van der Waals surface area (Å²) in [6.45, 7) is 3.90. The van der Waals surface area contributed by atoms with Gasteiger partial charge < -0.3 is 0 Å². The molecule has 0 saturated heterocycles. The summed E-state index contributed by atoms with van der Waals surface area (Å²) in [6.07, 6.45) is 0. The van der Waals surface area contributed by atoms with Crippen LogP contribution in [-0.4, -0.2) is 14.7 Å². The monoisotopic (exact) mass is 335 g/mol. The molecule has 0 aliphatic carbocycles. The molecular formula is C13H10BrN3O3. The predicted octanol–water partition coefficient (Wildman–Crippen LogP) is 2.73. The van der Waals surface area contributed by atoms with Crippen molar-refractivity contribution in [3.8, 4) is 11.3 Å². The van der Waals surface area contributed by atoms with E-state index in [-0.39, 0.29) is 17.8 Å². The average Bonchev–Trinajstić information content (AvgIpc) is 2.41. The van der Waals surface area contributed by atoms with Crippen molar-refractivity contribution in [1.29, 1.82) is 0 Å². The highest BCUT2D eigenvalue weighted by Gasteiger charge is 2.09. The maximum absolute atomic E-state index is 11.6. The first-order valence-corrected chi connectivity index (χ1v) is 6.43. The molecule has 20 heavy (non-hydrogen) atoms. The lowest BCUT2D eigenvalue weighted by molar-refractivity contribution is -0.384. The van der Waals surface area contributed by atoms with E-state index in [1.54, 1.807) is 12.1 Å². The molecule has 7 heteroatoms. The fraction of sp³-hybridized carbons (Fsp3) is 0.0769. The van der Waals surface area contributed by atoms with Gasteiger partial charge in [-0.2, -0.15) is 5.10 Å². The summed E-state index contributed by atoms with van der Waals surface area (Å²) in [5, 5.41) is 14.9. The molecule has 1 aromatic carbocycles. The van der Waals surface area contributed by atoms with Crippen molar-refractivity contribution >= 4 is 21.6 Å². The van der Waals surface area contributed by atoms with Gasteiger partial charge in [0.15, 0.2) is 0 Å². The molecule has 0 aliphatic heterocycles. The van der Waals surface area contributed by atoms with Crippen molar-refractivity contribution in [2.75, 3.05) is 0 Å². The third kappa shape index (κ3) is 3.18. The minimum absolute atomic E-state index is 0.0213. The molecule has 0 unspecified atom stereocenters. The third-order valence-electron chi connectivity index (χ3n) is 2.54. The van der Waals surface area contributed by atoms with Gasteiger partial charge in [-0.15, -0.1) is 0 Å². The molecule has 0 bridgehead atoms. The second kappa shape index (κ2) is 5.79. The molecule has 1 heterocycles. The lowest BCUT2D eigenvalue weighted by Crippen LogP contribution is -2.22. The van der Waals surface area contributed by atoms with Gasteiger partial charge in [0, 0.05) is 28.2 Å². The first-order chi connectivity index (χ1) is 9.47. The number of hydrogen-bond acceptors (Lipinski definition) is 4. The Kier molecular flexibility index (Phi) is 4.09. The quantitative estimate of drug-likeness (QED) is 0.635. The maximum Gasteiger partial charge on any atom is 0.270 e. The van der Waals surface area contributed by atoms with Crippen LogP contribution in [0, 0.1) is 10.1 Å². The fourth-order valence-electron chi connectivity index (χ4n) is 1.66. The van der Waals surface area contributed by atoms with Crippen LogP contribution < -0.4 is 5.56 Å². The lowest BCUT2D eigenvalue weighted by Gasteiger charge is -2.06. The van der Waals surface area contributed by atoms with Gasteiger partial charge in [-0.1, -0.05) is 34.6 Å². The Bertz CT molecular complexity index is 740. The topological polar surface area (TPSA) is 78.0 Å². The van der Waals surface area contributed by atoms with Gasteiger partial charge >= 0.3 is 0 Å². The Hall–Kier alpha value is -2.28. The normalized spacial score (nSPS) is 10.2. The second-order valence-corrected chi connectivity index (χ2v) is 5.16. The van der Waals surface area contributed by atoms with Gasteiger partial charge in [0.2, 0.25) is 0 Å². The summed E-state index contributed by atoms with van der Waals surface area (Å²) in [4.78, 5) is 21.9. The molecule has 0 fully saturated rings. The SMILES string of the molecule is C=C(Br)Cn1nc(-c2cccc([N+](=O)[O-])c2)ccc1=O. The molecule has 0 atom stereocenters. The molecular weight excluding hydrogens is 326 g/mol. The van der Waals surface area contributed by atoms with Crippen molar-refractivity contribution in [3.63, 3.8) is 0 Å². The zero-order chi connectivity index (χ0) is 14.7. The zero-order valence-electron chi connectivity index (χ0n) is 10.3. The van der Waals surface area contributed by atoms with Crippen LogP contribution >= 0.6 is 15.9 Å². The van der Waals surface area contributed by atoms with E-state index in [0.29, 0.717) is 15.7 Å². The number of nitrogens with zero attached hydrogens (tertiary/aromatic N) is 3. The predicted molar refractivity (Wildman–Crippen MR) is 78.7 cm³/mol. The number of nitro benzene ring substituents is 1. The minimum Gasteiger partial charge on any atom is -0.268 e. The minimum atomic E-state index is -0.472. The standard InChI is InChI=1S/C13H10BrN3O3/c1-9(14)8-16-13(18)6-5-12(15-16)10-3-2-4-11(7-10)17(19)20/h2-7H,1,8H2. The molecule has 6 nitrogen and oxygen atoms in total. The van der Waals surface area contributed by atoms with E-state index in [1.807, 2.05) is 0 Å². The van der Waals surface area contributed by atoms with E-state index in [9.17, 15) is 14.9 Å². The van der Waals surface area contributed by atoms with E-state index >= 15 is 0 Å². The molecule has 102 valence electrons. The summed E-state index contributed by atoms with van der Waals surface area (Å²) >= 11 is 3.17. The number of rotatable bonds is 4. The van der Waals surface area contributed by atoms with Gasteiger partial charge in [-0.05, 0) is 6.07 Å². The molecule has 0 aliphatic rings. The van der Waals surface area contributed by atoms with E-state index in [1.165, 1.54) is 28.9 Å². The Morgan fingerprint density at radius 3 is 2.80 bits per heavy atom. The molecule has 0 N–H and O–H groups in total. The molecule has 1 aromatic heterocycles. The van der Waals surface area contributed by atoms with Crippen LogP contribution in [0.15, 0.2) is 52.3 Å². The highest BCUT2D eigenvalue weighted by molar-refractivity contribution is 9.11. The van der Waals surface area contributed by atoms with Crippen molar-refractivity contribution < 1.29 is 4.92 Å². The maximum atomic E-state index is 11.6. The van der Waals surface area contributed by atoms with Crippen LogP contribution in [0.5, 0.6) is 0 Å². The van der Waals surface area contributed by atoms with E-state index in [4.69, 9.17) is 0 Å². The van der Waals surface area contributed by atoms with Crippen molar-refractivity contribution in [1.82, 2.24) is 9.78 Å². The Morgan fingerprint density at radius 1 is 1.40 bits per heavy atom. The van der Waals surface area contributed by atoms with Crippen molar-refractivity contribution in [2.45, 2.75) is 6.54 Å². The van der Waals surface area contributed by atoms with Gasteiger partial charge in [0.1, 0.15) is 0 Å². The number of non-ortho nitro benzene ring substituents is 1. The Morgan fingerprint density at radius 2 is 2.15 bits per heavy atom. The van der Waals surface area contributed by atoms with Crippen LogP contribution in [0.4, 0.5) is 5.69 Å². The first kappa shape index (κ1) is 14.1. The lowest BCUT2D eigenvalue weighted by atomic mass is 10.1. The summed E-state index contributed by atoms with van der Waals surface area (Å²) in [5.74, 6) is 0. The number of hydrogen-bond donors (Lipinski definition) is 0. The average molecular weight is 336 g/mol. The Labute approximate surface area is 122 Å². The van der Waals surface area contributed by atoms with Crippen molar-refractivity contribution in [2.24, 2.45) is 0 Å². The fourth-order valence-corrected chi connectivity index (χ4v) is 1.89.